The molecule has 1 unspecified atom stereocenters. The molecule has 4 heteroatoms. The summed E-state index contributed by atoms with van der Waals surface area (Å²) in [7, 11) is -3.62. The van der Waals surface area contributed by atoms with Crippen molar-refractivity contribution in [3.63, 3.8) is 0 Å². The van der Waals surface area contributed by atoms with Crippen LogP contribution in [0.25, 0.3) is 0 Å². The molecule has 0 aromatic heterocycles. The van der Waals surface area contributed by atoms with E-state index < -0.39 is 7.60 Å². The molecule has 0 saturated heterocycles. The van der Waals surface area contributed by atoms with E-state index in [2.05, 4.69) is 6.92 Å². The van der Waals surface area contributed by atoms with Crippen LogP contribution in [-0.4, -0.2) is 11.5 Å². The fourth-order valence-corrected chi connectivity index (χ4v) is 3.54. The van der Waals surface area contributed by atoms with Gasteiger partial charge in [0.2, 0.25) is 0 Å². The summed E-state index contributed by atoms with van der Waals surface area (Å²) in [5.41, 5.74) is 0. The molecule has 1 atom stereocenters. The molecule has 0 saturated carbocycles. The molecule has 0 aliphatic rings. The highest BCUT2D eigenvalue weighted by atomic mass is 31.2. The van der Waals surface area contributed by atoms with Gasteiger partial charge in [0.1, 0.15) is 0 Å². The molecule has 22 heavy (non-hydrogen) atoms. The highest BCUT2D eigenvalue weighted by molar-refractivity contribution is 7.61. The lowest BCUT2D eigenvalue weighted by Crippen LogP contribution is -2.07. The Morgan fingerprint density at radius 3 is 1.91 bits per heavy atom. The van der Waals surface area contributed by atoms with Gasteiger partial charge in [0, 0.05) is 0 Å². The molecule has 0 fully saturated rings. The van der Waals surface area contributed by atoms with E-state index in [0.29, 0.717) is 11.9 Å². The molecule has 0 radical (unpaired) electrons. The van der Waals surface area contributed by atoms with Crippen molar-refractivity contribution in [2.75, 3.05) is 6.61 Å². The van der Waals surface area contributed by atoms with Crippen LogP contribution >= 0.6 is 7.60 Å². The van der Waals surface area contributed by atoms with E-state index in [0.717, 1.165) is 12.8 Å². The summed E-state index contributed by atoms with van der Waals surface area (Å²) < 4.78 is 17.2. The Morgan fingerprint density at radius 1 is 0.864 bits per heavy atom. The fraction of sp³-hybridized carbons (Fsp3) is 0.667. The monoisotopic (exact) mass is 326 g/mol. The molecule has 0 amide bonds. The predicted molar refractivity (Wildman–Crippen MR) is 93.7 cm³/mol. The number of hydrogen-bond acceptors (Lipinski definition) is 2. The van der Waals surface area contributed by atoms with E-state index in [1.54, 1.807) is 24.3 Å². The molecule has 0 spiro atoms. The number of benzene rings is 1. The molecule has 1 N–H and O–H groups in total. The van der Waals surface area contributed by atoms with Crippen molar-refractivity contribution in [1.29, 1.82) is 0 Å². The highest BCUT2D eigenvalue weighted by Gasteiger charge is 2.21. The molecule has 1 aromatic carbocycles. The van der Waals surface area contributed by atoms with Gasteiger partial charge < -0.3 is 9.42 Å². The third kappa shape index (κ3) is 8.73. The van der Waals surface area contributed by atoms with Gasteiger partial charge in [-0.3, -0.25) is 4.57 Å². The Hall–Kier alpha value is -0.630. The van der Waals surface area contributed by atoms with Crippen LogP contribution in [0.1, 0.15) is 71.1 Å². The molecule has 0 aliphatic carbocycles. The lowest BCUT2D eigenvalue weighted by Gasteiger charge is -2.12. The molecular weight excluding hydrogens is 295 g/mol. The van der Waals surface area contributed by atoms with E-state index in [1.165, 1.54) is 51.4 Å². The van der Waals surface area contributed by atoms with Crippen LogP contribution in [-0.2, 0) is 9.09 Å². The van der Waals surface area contributed by atoms with E-state index in [-0.39, 0.29) is 0 Å². The van der Waals surface area contributed by atoms with Crippen molar-refractivity contribution in [1.82, 2.24) is 0 Å². The Labute approximate surface area is 135 Å². The van der Waals surface area contributed by atoms with E-state index in [9.17, 15) is 9.46 Å². The summed E-state index contributed by atoms with van der Waals surface area (Å²) in [5.74, 6) is 0. The topological polar surface area (TPSA) is 46.5 Å². The van der Waals surface area contributed by atoms with Crippen molar-refractivity contribution in [2.45, 2.75) is 71.1 Å². The Balaban J connectivity index is 1.98. The second kappa shape index (κ2) is 11.9. The van der Waals surface area contributed by atoms with Gasteiger partial charge in [-0.1, -0.05) is 82.9 Å². The lowest BCUT2D eigenvalue weighted by atomic mass is 10.1. The summed E-state index contributed by atoms with van der Waals surface area (Å²) in [6.07, 6.45) is 12.4. The second-order valence-corrected chi connectivity index (χ2v) is 7.69. The van der Waals surface area contributed by atoms with Gasteiger partial charge in [-0.15, -0.1) is 0 Å². The normalized spacial score (nSPS) is 13.9. The smallest absolute Gasteiger partial charge is 0.321 e. The minimum atomic E-state index is -3.62. The van der Waals surface area contributed by atoms with Gasteiger partial charge in [-0.05, 0) is 18.6 Å². The highest BCUT2D eigenvalue weighted by Crippen LogP contribution is 2.40. The standard InChI is InChI=1S/C18H31O3P/c1-2-3-4-5-6-7-8-9-10-14-17-21-22(19,20)18-15-12-11-13-16-18/h11-13,15-16H,2-10,14,17H2,1H3,(H,19,20). The lowest BCUT2D eigenvalue weighted by molar-refractivity contribution is 0.261. The third-order valence-corrected chi connectivity index (χ3v) is 5.33. The maximum Gasteiger partial charge on any atom is 0.358 e. The summed E-state index contributed by atoms with van der Waals surface area (Å²) in [6, 6.07) is 8.61. The van der Waals surface area contributed by atoms with Crippen LogP contribution < -0.4 is 5.30 Å². The van der Waals surface area contributed by atoms with Gasteiger partial charge in [-0.2, -0.15) is 0 Å². The zero-order chi connectivity index (χ0) is 16.1. The van der Waals surface area contributed by atoms with Gasteiger partial charge in [0.05, 0.1) is 11.9 Å². The quantitative estimate of drug-likeness (QED) is 0.388. The maximum absolute atomic E-state index is 12.0. The van der Waals surface area contributed by atoms with Crippen LogP contribution in [0.3, 0.4) is 0 Å². The Kier molecular flexibility index (Phi) is 10.5. The largest absolute Gasteiger partial charge is 0.358 e. The minimum Gasteiger partial charge on any atom is -0.321 e. The first kappa shape index (κ1) is 19.4. The van der Waals surface area contributed by atoms with E-state index in [1.807, 2.05) is 6.07 Å². The van der Waals surface area contributed by atoms with Crippen molar-refractivity contribution >= 4 is 12.9 Å². The van der Waals surface area contributed by atoms with Crippen LogP contribution in [0.15, 0.2) is 30.3 Å². The van der Waals surface area contributed by atoms with Gasteiger partial charge in [0.25, 0.3) is 0 Å². The maximum atomic E-state index is 12.0. The number of rotatable bonds is 13. The molecule has 0 aliphatic heterocycles. The summed E-state index contributed by atoms with van der Waals surface area (Å²) in [4.78, 5) is 9.86. The van der Waals surface area contributed by atoms with Crippen LogP contribution in [0.5, 0.6) is 0 Å². The van der Waals surface area contributed by atoms with E-state index in [4.69, 9.17) is 4.52 Å². The van der Waals surface area contributed by atoms with Gasteiger partial charge >= 0.3 is 7.60 Å². The molecule has 0 heterocycles. The molecule has 1 aromatic rings. The van der Waals surface area contributed by atoms with Crippen LogP contribution in [0.4, 0.5) is 0 Å². The fourth-order valence-electron chi connectivity index (χ4n) is 2.47. The average Bonchev–Trinajstić information content (AvgIpc) is 2.53. The molecule has 3 nitrogen and oxygen atoms in total. The van der Waals surface area contributed by atoms with Crippen molar-refractivity contribution in [2.24, 2.45) is 0 Å². The van der Waals surface area contributed by atoms with Crippen LogP contribution in [0.2, 0.25) is 0 Å². The average molecular weight is 326 g/mol. The second-order valence-electron chi connectivity index (χ2n) is 5.87. The Bertz CT molecular complexity index is 420. The number of hydrogen-bond donors (Lipinski definition) is 1. The van der Waals surface area contributed by atoms with Gasteiger partial charge in [0.15, 0.2) is 0 Å². The predicted octanol–water partition coefficient (Wildman–Crippen LogP) is 5.43. The molecular formula is C18H31O3P. The summed E-state index contributed by atoms with van der Waals surface area (Å²) in [6.45, 7) is 2.60. The van der Waals surface area contributed by atoms with Crippen LogP contribution in [0, 0.1) is 0 Å². The SMILES string of the molecule is CCCCCCCCCCCCOP(=O)(O)c1ccccc1. The molecule has 1 rings (SSSR count). The minimum absolute atomic E-state index is 0.360. The Morgan fingerprint density at radius 2 is 1.36 bits per heavy atom. The third-order valence-electron chi connectivity index (χ3n) is 3.85. The zero-order valence-electron chi connectivity index (χ0n) is 13.9. The van der Waals surface area contributed by atoms with Gasteiger partial charge in [-0.25, -0.2) is 0 Å². The molecule has 126 valence electrons. The van der Waals surface area contributed by atoms with E-state index >= 15 is 0 Å². The first-order valence-corrected chi connectivity index (χ1v) is 10.3. The first-order valence-electron chi connectivity index (χ1n) is 8.70. The summed E-state index contributed by atoms with van der Waals surface area (Å²) >= 11 is 0. The van der Waals surface area contributed by atoms with Crippen molar-refractivity contribution in [3.8, 4) is 0 Å². The zero-order valence-corrected chi connectivity index (χ0v) is 14.8. The van der Waals surface area contributed by atoms with Crippen molar-refractivity contribution in [3.05, 3.63) is 30.3 Å². The first-order chi connectivity index (χ1) is 10.7. The van der Waals surface area contributed by atoms with Crippen molar-refractivity contribution < 1.29 is 14.0 Å². The summed E-state index contributed by atoms with van der Waals surface area (Å²) in [5, 5.41) is 0.377. The number of unbranched alkanes of at least 4 members (excludes halogenated alkanes) is 9. The molecule has 0 bridgehead atoms.